The van der Waals surface area contributed by atoms with E-state index in [1.807, 2.05) is 43.1 Å². The highest BCUT2D eigenvalue weighted by Gasteiger charge is 2.54. The smallest absolute Gasteiger partial charge is 0.278 e. The van der Waals surface area contributed by atoms with Gasteiger partial charge >= 0.3 is 0 Å². The highest BCUT2D eigenvalue weighted by Crippen LogP contribution is 2.45. The number of carbonyl (C=O) groups excluding carboxylic acids is 3. The van der Waals surface area contributed by atoms with Crippen molar-refractivity contribution in [3.63, 3.8) is 0 Å². The lowest BCUT2D eigenvalue weighted by Gasteiger charge is -2.49. The number of aryl methyl sites for hydroxylation is 2. The third-order valence-electron chi connectivity index (χ3n) is 5.84. The minimum absolute atomic E-state index is 0.0657. The van der Waals surface area contributed by atoms with Crippen molar-refractivity contribution in [2.75, 3.05) is 18.3 Å². The van der Waals surface area contributed by atoms with E-state index in [0.29, 0.717) is 16.3 Å². The number of hydrogen-bond acceptors (Lipinski definition) is 12. The molecule has 0 saturated carbocycles. The van der Waals surface area contributed by atoms with Crippen LogP contribution in [0, 0.1) is 6.92 Å². The van der Waals surface area contributed by atoms with Gasteiger partial charge in [-0.15, -0.1) is 23.1 Å². The Balaban J connectivity index is 1.40. The SMILES string of the molecule is Cc1sc(C2=C(C(=O)S)N3C(=O)[C@@H](NC(=O)/C(=N\OCF)c4nsc(N)n4)[C@H]3SC2)nc1-c1cc[n+](C)cc1. The van der Waals surface area contributed by atoms with Crippen molar-refractivity contribution in [2.24, 2.45) is 12.2 Å². The summed E-state index contributed by atoms with van der Waals surface area (Å²) in [5.74, 6) is -1.19. The van der Waals surface area contributed by atoms with Gasteiger partial charge in [-0.05, 0) is 6.92 Å². The van der Waals surface area contributed by atoms with E-state index in [-0.39, 0.29) is 16.7 Å². The van der Waals surface area contributed by atoms with Crippen LogP contribution in [0.15, 0.2) is 35.4 Å². The van der Waals surface area contributed by atoms with Gasteiger partial charge in [0, 0.05) is 45.4 Å². The molecular formula is C22H20FN8O4S4+. The van der Waals surface area contributed by atoms with Crippen LogP contribution in [0.3, 0.4) is 0 Å². The molecule has 0 bridgehead atoms. The van der Waals surface area contributed by atoms with Crippen molar-refractivity contribution in [1.29, 1.82) is 0 Å². The molecule has 1 fully saturated rings. The minimum atomic E-state index is -1.28. The molecule has 3 N–H and O–H groups in total. The number of thioether (sulfide) groups is 1. The second kappa shape index (κ2) is 11.0. The maximum atomic E-state index is 13.2. The number of oxime groups is 1. The van der Waals surface area contributed by atoms with Crippen LogP contribution in [-0.4, -0.2) is 65.9 Å². The van der Waals surface area contributed by atoms with Gasteiger partial charge < -0.3 is 15.9 Å². The molecule has 3 aromatic rings. The van der Waals surface area contributed by atoms with E-state index in [1.54, 1.807) is 0 Å². The largest absolute Gasteiger partial charge is 0.374 e. The second-order valence-electron chi connectivity index (χ2n) is 8.30. The normalized spacial score (nSPS) is 19.0. The average molecular weight is 608 g/mol. The Bertz CT molecular complexity index is 1540. The molecule has 5 rings (SSSR count). The molecule has 0 aliphatic carbocycles. The number of aromatic nitrogens is 4. The average Bonchev–Trinajstić information content (AvgIpc) is 3.52. The Labute approximate surface area is 238 Å². The van der Waals surface area contributed by atoms with E-state index in [9.17, 15) is 18.8 Å². The molecule has 0 radical (unpaired) electrons. The van der Waals surface area contributed by atoms with Crippen LogP contribution >= 0.6 is 47.3 Å². The van der Waals surface area contributed by atoms with Gasteiger partial charge in [0.2, 0.25) is 16.7 Å². The standard InChI is InChI=1S/C22H19FN8O4S4/c1-9-12(10-3-5-30(2)6-4-10)26-18(38-9)11-7-37-20-14(19(33)31(20)15(11)21(34)36)25-17(32)13(28-35-8-23)16-27-22(24)39-29-16/h3-6,14,20H,7-8H2,1-2H3,(H3-,24,25,27,29,32,34,36)/p+1/b28-13-/t14-,20-/m1/s1. The van der Waals surface area contributed by atoms with Gasteiger partial charge in [-0.1, -0.05) is 17.8 Å². The third-order valence-corrected chi connectivity index (χ3v) is 8.90. The fourth-order valence-corrected chi connectivity index (χ4v) is 7.14. The number of nitrogens with two attached hydrogens (primary N) is 1. The maximum absolute atomic E-state index is 13.2. The molecule has 0 aromatic carbocycles. The molecule has 0 spiro atoms. The van der Waals surface area contributed by atoms with E-state index in [1.165, 1.54) is 28.0 Å². The van der Waals surface area contributed by atoms with Gasteiger partial charge in [0.1, 0.15) is 29.2 Å². The third kappa shape index (κ3) is 5.13. The van der Waals surface area contributed by atoms with Crippen LogP contribution in [0.5, 0.6) is 0 Å². The van der Waals surface area contributed by atoms with E-state index in [0.717, 1.165) is 27.7 Å². The molecule has 3 aromatic heterocycles. The van der Waals surface area contributed by atoms with Crippen molar-refractivity contribution >= 4 is 80.6 Å². The lowest BCUT2D eigenvalue weighted by atomic mass is 10.0. The number of halogens is 1. The number of amides is 2. The highest BCUT2D eigenvalue weighted by atomic mass is 32.2. The van der Waals surface area contributed by atoms with Crippen LogP contribution in [0.1, 0.15) is 15.7 Å². The monoisotopic (exact) mass is 607 g/mol. The molecule has 1 saturated heterocycles. The van der Waals surface area contributed by atoms with E-state index in [4.69, 9.17) is 10.7 Å². The number of alkyl halides is 1. The van der Waals surface area contributed by atoms with Crippen LogP contribution in [0.2, 0.25) is 0 Å². The van der Waals surface area contributed by atoms with Crippen LogP contribution in [-0.2, 0) is 26.3 Å². The first kappa shape index (κ1) is 27.2. The van der Waals surface area contributed by atoms with Crippen molar-refractivity contribution in [1.82, 2.24) is 24.6 Å². The quantitative estimate of drug-likeness (QED) is 0.113. The number of anilines is 1. The summed E-state index contributed by atoms with van der Waals surface area (Å²) in [6.07, 6.45) is 3.84. The van der Waals surface area contributed by atoms with Gasteiger partial charge in [0.25, 0.3) is 18.7 Å². The van der Waals surface area contributed by atoms with Crippen LogP contribution in [0.25, 0.3) is 16.8 Å². The Hall–Kier alpha value is -3.41. The number of hydrogen-bond donors (Lipinski definition) is 3. The molecule has 202 valence electrons. The molecule has 2 aliphatic rings. The number of nitrogen functional groups attached to an aromatic ring is 1. The highest BCUT2D eigenvalue weighted by molar-refractivity contribution is 8.00. The Kier molecular flexibility index (Phi) is 7.66. The van der Waals surface area contributed by atoms with E-state index in [2.05, 4.69) is 37.3 Å². The summed E-state index contributed by atoms with van der Waals surface area (Å²) < 4.78 is 18.4. The minimum Gasteiger partial charge on any atom is -0.374 e. The van der Waals surface area contributed by atoms with Crippen molar-refractivity contribution in [3.8, 4) is 11.3 Å². The van der Waals surface area contributed by atoms with Gasteiger partial charge in [0.15, 0.2) is 17.5 Å². The summed E-state index contributed by atoms with van der Waals surface area (Å²) in [6.45, 7) is 0.661. The number of nitrogens with one attached hydrogen (secondary N) is 1. The number of thiol groups is 1. The molecule has 5 heterocycles. The van der Waals surface area contributed by atoms with Gasteiger partial charge in [-0.3, -0.25) is 19.3 Å². The molecule has 0 unspecified atom stereocenters. The Morgan fingerprint density at radius 1 is 1.36 bits per heavy atom. The number of fused-ring (bicyclic) bond motifs is 1. The Morgan fingerprint density at radius 3 is 2.74 bits per heavy atom. The first-order valence-corrected chi connectivity index (χ1v) is 14.3. The zero-order valence-corrected chi connectivity index (χ0v) is 23.7. The lowest BCUT2D eigenvalue weighted by Crippen LogP contribution is -2.70. The van der Waals surface area contributed by atoms with E-state index >= 15 is 0 Å². The molecule has 2 atom stereocenters. The van der Waals surface area contributed by atoms with Crippen molar-refractivity contribution < 1.29 is 28.2 Å². The zero-order chi connectivity index (χ0) is 27.8. The zero-order valence-electron chi connectivity index (χ0n) is 20.3. The molecule has 12 nitrogen and oxygen atoms in total. The number of pyridine rings is 1. The maximum Gasteiger partial charge on any atom is 0.278 e. The van der Waals surface area contributed by atoms with Crippen LogP contribution < -0.4 is 15.6 Å². The summed E-state index contributed by atoms with van der Waals surface area (Å²) in [6, 6.07) is 2.92. The number of thiazole rings is 1. The Morgan fingerprint density at radius 2 is 2.10 bits per heavy atom. The number of β-lactam (4-membered cyclic amide) rings is 1. The summed E-state index contributed by atoms with van der Waals surface area (Å²) >= 11 is 7.65. The molecule has 2 amide bonds. The van der Waals surface area contributed by atoms with Gasteiger partial charge in [-0.2, -0.15) is 9.36 Å². The van der Waals surface area contributed by atoms with Gasteiger partial charge in [-0.25, -0.2) is 13.9 Å². The predicted molar refractivity (Wildman–Crippen MR) is 147 cm³/mol. The number of rotatable bonds is 8. The van der Waals surface area contributed by atoms with E-state index < -0.39 is 40.9 Å². The fraction of sp³-hybridized carbons (Fsp3) is 0.273. The molecular weight excluding hydrogens is 588 g/mol. The summed E-state index contributed by atoms with van der Waals surface area (Å²) in [5, 5.41) is 5.52. The fourth-order valence-electron chi connectivity index (χ4n) is 4.05. The number of nitrogens with zero attached hydrogens (tertiary/aromatic N) is 6. The summed E-state index contributed by atoms with van der Waals surface area (Å²) in [4.78, 5) is 54.1. The van der Waals surface area contributed by atoms with Gasteiger partial charge in [0.05, 0.1) is 5.69 Å². The molecule has 2 aliphatic heterocycles. The lowest BCUT2D eigenvalue weighted by molar-refractivity contribution is -0.671. The topological polar surface area (TPSA) is 157 Å². The van der Waals surface area contributed by atoms with Crippen molar-refractivity contribution in [3.05, 3.63) is 45.9 Å². The molecule has 17 heteroatoms. The van der Waals surface area contributed by atoms with Crippen molar-refractivity contribution in [2.45, 2.75) is 18.3 Å². The molecule has 39 heavy (non-hydrogen) atoms. The summed E-state index contributed by atoms with van der Waals surface area (Å²) in [5.41, 5.74) is 7.59. The summed E-state index contributed by atoms with van der Waals surface area (Å²) in [7, 11) is 1.92. The first-order chi connectivity index (χ1) is 18.7. The second-order valence-corrected chi connectivity index (χ2v) is 11.8. The number of carbonyl (C=O) groups is 3. The predicted octanol–water partition coefficient (Wildman–Crippen LogP) is 1.29. The van der Waals surface area contributed by atoms with Crippen LogP contribution in [0.4, 0.5) is 9.52 Å². The first-order valence-electron chi connectivity index (χ1n) is 11.2.